The summed E-state index contributed by atoms with van der Waals surface area (Å²) in [7, 11) is 0. The number of hydrogen-bond donors (Lipinski definition) is 1. The topological polar surface area (TPSA) is 26.0 Å². The van der Waals surface area contributed by atoms with E-state index in [-0.39, 0.29) is 0 Å². The SMILES string of the molecule is CSc1ccc2sc3ccccc3c2c1N. The van der Waals surface area contributed by atoms with Crippen molar-refractivity contribution in [3.05, 3.63) is 36.4 Å². The van der Waals surface area contributed by atoms with E-state index in [0.717, 1.165) is 10.6 Å². The molecular weight excluding hydrogens is 234 g/mol. The predicted molar refractivity (Wildman–Crippen MR) is 75.5 cm³/mol. The zero-order valence-electron chi connectivity index (χ0n) is 8.86. The third-order valence-corrected chi connectivity index (χ3v) is 4.70. The number of thioether (sulfide) groups is 1. The van der Waals surface area contributed by atoms with Crippen LogP contribution in [0.15, 0.2) is 41.3 Å². The van der Waals surface area contributed by atoms with Crippen LogP contribution in [0.3, 0.4) is 0 Å². The Morgan fingerprint density at radius 2 is 1.88 bits per heavy atom. The van der Waals surface area contributed by atoms with Crippen molar-refractivity contribution in [1.82, 2.24) is 0 Å². The molecule has 0 saturated heterocycles. The van der Waals surface area contributed by atoms with Gasteiger partial charge in [0.15, 0.2) is 0 Å². The van der Waals surface area contributed by atoms with Crippen molar-refractivity contribution in [2.45, 2.75) is 4.90 Å². The van der Waals surface area contributed by atoms with E-state index in [9.17, 15) is 0 Å². The summed E-state index contributed by atoms with van der Waals surface area (Å²) >= 11 is 3.51. The van der Waals surface area contributed by atoms with Gasteiger partial charge >= 0.3 is 0 Å². The predicted octanol–water partition coefficient (Wildman–Crippen LogP) is 4.36. The number of anilines is 1. The van der Waals surface area contributed by atoms with Gasteiger partial charge < -0.3 is 5.73 Å². The fourth-order valence-corrected chi connectivity index (χ4v) is 3.65. The number of rotatable bonds is 1. The molecule has 2 aromatic carbocycles. The molecule has 0 atom stereocenters. The van der Waals surface area contributed by atoms with Gasteiger partial charge in [0.2, 0.25) is 0 Å². The van der Waals surface area contributed by atoms with Crippen LogP contribution in [0.4, 0.5) is 5.69 Å². The Labute approximate surface area is 102 Å². The molecule has 1 nitrogen and oxygen atoms in total. The van der Waals surface area contributed by atoms with Crippen molar-refractivity contribution in [2.75, 3.05) is 12.0 Å². The Morgan fingerprint density at radius 3 is 2.69 bits per heavy atom. The minimum atomic E-state index is 0.919. The van der Waals surface area contributed by atoms with Crippen molar-refractivity contribution in [3.63, 3.8) is 0 Å². The van der Waals surface area contributed by atoms with Gasteiger partial charge in [-0.15, -0.1) is 23.1 Å². The van der Waals surface area contributed by atoms with Crippen LogP contribution in [0.1, 0.15) is 0 Å². The average Bonchev–Trinajstić information content (AvgIpc) is 2.68. The van der Waals surface area contributed by atoms with Crippen LogP contribution in [-0.2, 0) is 0 Å². The third kappa shape index (κ3) is 1.32. The summed E-state index contributed by atoms with van der Waals surface area (Å²) in [5.41, 5.74) is 7.14. The third-order valence-electron chi connectivity index (χ3n) is 2.76. The van der Waals surface area contributed by atoms with E-state index in [2.05, 4.69) is 42.7 Å². The lowest BCUT2D eigenvalue weighted by atomic mass is 10.1. The molecule has 1 heterocycles. The zero-order valence-corrected chi connectivity index (χ0v) is 10.5. The molecule has 3 heteroatoms. The van der Waals surface area contributed by atoms with E-state index in [1.807, 2.05) is 0 Å². The Hall–Kier alpha value is -1.19. The van der Waals surface area contributed by atoms with Crippen molar-refractivity contribution >= 4 is 49.0 Å². The van der Waals surface area contributed by atoms with Crippen molar-refractivity contribution in [3.8, 4) is 0 Å². The summed E-state index contributed by atoms with van der Waals surface area (Å²) in [5.74, 6) is 0. The standard InChI is InChI=1S/C13H11NS2/c1-15-11-7-6-10-12(13(11)14)8-4-2-3-5-9(8)16-10/h2-7H,14H2,1H3. The molecule has 3 rings (SSSR count). The maximum absolute atomic E-state index is 6.23. The van der Waals surface area contributed by atoms with Crippen LogP contribution in [-0.4, -0.2) is 6.26 Å². The van der Waals surface area contributed by atoms with E-state index in [4.69, 9.17) is 5.73 Å². The Morgan fingerprint density at radius 1 is 1.06 bits per heavy atom. The van der Waals surface area contributed by atoms with Crippen LogP contribution in [0.2, 0.25) is 0 Å². The minimum Gasteiger partial charge on any atom is -0.397 e. The second-order valence-electron chi connectivity index (χ2n) is 3.65. The molecule has 0 fully saturated rings. The number of nitrogens with two attached hydrogens (primary N) is 1. The van der Waals surface area contributed by atoms with E-state index in [0.29, 0.717) is 0 Å². The molecule has 0 aliphatic carbocycles. The highest BCUT2D eigenvalue weighted by Gasteiger charge is 2.09. The molecule has 0 radical (unpaired) electrons. The van der Waals surface area contributed by atoms with E-state index in [1.54, 1.807) is 23.1 Å². The molecule has 0 unspecified atom stereocenters. The van der Waals surface area contributed by atoms with E-state index < -0.39 is 0 Å². The van der Waals surface area contributed by atoms with Crippen molar-refractivity contribution < 1.29 is 0 Å². The highest BCUT2D eigenvalue weighted by atomic mass is 32.2. The highest BCUT2D eigenvalue weighted by molar-refractivity contribution is 7.98. The molecule has 0 aliphatic heterocycles. The van der Waals surface area contributed by atoms with Gasteiger partial charge in [0, 0.05) is 25.1 Å². The fraction of sp³-hybridized carbons (Fsp3) is 0.0769. The Kier molecular flexibility index (Phi) is 2.30. The number of hydrogen-bond acceptors (Lipinski definition) is 3. The number of benzene rings is 2. The smallest absolute Gasteiger partial charge is 0.0546 e. The van der Waals surface area contributed by atoms with Crippen LogP contribution in [0, 0.1) is 0 Å². The van der Waals surface area contributed by atoms with Gasteiger partial charge in [0.05, 0.1) is 5.69 Å². The lowest BCUT2D eigenvalue weighted by molar-refractivity contribution is 1.52. The molecule has 0 bridgehead atoms. The van der Waals surface area contributed by atoms with E-state index in [1.165, 1.54) is 20.2 Å². The van der Waals surface area contributed by atoms with Crippen LogP contribution in [0.5, 0.6) is 0 Å². The van der Waals surface area contributed by atoms with Crippen LogP contribution < -0.4 is 5.73 Å². The first-order chi connectivity index (χ1) is 7.81. The zero-order chi connectivity index (χ0) is 11.1. The molecule has 0 aliphatic rings. The first-order valence-electron chi connectivity index (χ1n) is 5.05. The second-order valence-corrected chi connectivity index (χ2v) is 5.58. The van der Waals surface area contributed by atoms with Gasteiger partial charge in [-0.05, 0) is 24.5 Å². The first-order valence-corrected chi connectivity index (χ1v) is 7.09. The second kappa shape index (κ2) is 3.68. The lowest BCUT2D eigenvalue weighted by Crippen LogP contribution is -1.88. The van der Waals surface area contributed by atoms with Gasteiger partial charge in [-0.2, -0.15) is 0 Å². The largest absolute Gasteiger partial charge is 0.397 e. The first kappa shape index (κ1) is 10.00. The minimum absolute atomic E-state index is 0.919. The van der Waals surface area contributed by atoms with Gasteiger partial charge in [-0.25, -0.2) is 0 Å². The van der Waals surface area contributed by atoms with E-state index >= 15 is 0 Å². The van der Waals surface area contributed by atoms with Crippen molar-refractivity contribution in [2.24, 2.45) is 0 Å². The molecule has 0 spiro atoms. The monoisotopic (exact) mass is 245 g/mol. The summed E-state index contributed by atoms with van der Waals surface area (Å²) in [6, 6.07) is 12.7. The maximum atomic E-state index is 6.23. The van der Waals surface area contributed by atoms with Gasteiger partial charge in [-0.3, -0.25) is 0 Å². The lowest BCUT2D eigenvalue weighted by Gasteiger charge is -2.03. The van der Waals surface area contributed by atoms with Gasteiger partial charge in [-0.1, -0.05) is 18.2 Å². The molecular formula is C13H11NS2. The molecule has 2 N–H and O–H groups in total. The molecule has 3 aromatic rings. The van der Waals surface area contributed by atoms with Crippen molar-refractivity contribution in [1.29, 1.82) is 0 Å². The molecule has 16 heavy (non-hydrogen) atoms. The molecule has 80 valence electrons. The van der Waals surface area contributed by atoms with Gasteiger partial charge in [0.1, 0.15) is 0 Å². The summed E-state index contributed by atoms with van der Waals surface area (Å²) < 4.78 is 2.58. The maximum Gasteiger partial charge on any atom is 0.0546 e. The van der Waals surface area contributed by atoms with Gasteiger partial charge in [0.25, 0.3) is 0 Å². The highest BCUT2D eigenvalue weighted by Crippen LogP contribution is 2.40. The Bertz CT molecular complexity index is 670. The van der Waals surface area contributed by atoms with Crippen LogP contribution >= 0.6 is 23.1 Å². The normalized spacial score (nSPS) is 11.3. The Balaban J connectivity index is 2.53. The molecule has 0 saturated carbocycles. The summed E-state index contributed by atoms with van der Waals surface area (Å²) in [4.78, 5) is 1.16. The molecule has 0 amide bonds. The fourth-order valence-electron chi connectivity index (χ4n) is 2.00. The number of nitrogen functional groups attached to an aromatic ring is 1. The number of thiophene rings is 1. The summed E-state index contributed by atoms with van der Waals surface area (Å²) in [6.07, 6.45) is 2.06. The van der Waals surface area contributed by atoms with Crippen LogP contribution in [0.25, 0.3) is 20.2 Å². The average molecular weight is 245 g/mol. The quantitative estimate of drug-likeness (QED) is 0.509. The summed E-state index contributed by atoms with van der Waals surface area (Å²) in [5, 5.41) is 2.49. The number of fused-ring (bicyclic) bond motifs is 3. The molecule has 1 aromatic heterocycles. The summed E-state index contributed by atoms with van der Waals surface area (Å²) in [6.45, 7) is 0.